The van der Waals surface area contributed by atoms with E-state index in [1.54, 1.807) is 6.92 Å². The van der Waals surface area contributed by atoms with E-state index in [-0.39, 0.29) is 34.8 Å². The first kappa shape index (κ1) is 16.5. The monoisotopic (exact) mass is 340 g/mol. The molecule has 0 aliphatic carbocycles. The van der Waals surface area contributed by atoms with Crippen molar-refractivity contribution in [1.82, 2.24) is 15.6 Å². The van der Waals surface area contributed by atoms with Gasteiger partial charge in [0.15, 0.2) is 0 Å². The first-order chi connectivity index (χ1) is 10.9. The van der Waals surface area contributed by atoms with E-state index in [9.17, 15) is 14.9 Å². The average Bonchev–Trinajstić information content (AvgIpc) is 2.93. The molecule has 1 atom stereocenters. The van der Waals surface area contributed by atoms with Crippen molar-refractivity contribution in [2.45, 2.75) is 13.0 Å². The molecule has 0 unspecified atom stereocenters. The maximum Gasteiger partial charge on any atom is 0.277 e. The van der Waals surface area contributed by atoms with E-state index in [1.807, 2.05) is 0 Å². The van der Waals surface area contributed by atoms with Crippen LogP contribution in [0.3, 0.4) is 0 Å². The topological polar surface area (TPSA) is 149 Å². The van der Waals surface area contributed by atoms with Crippen LogP contribution in [-0.2, 0) is 0 Å². The van der Waals surface area contributed by atoms with Crippen molar-refractivity contribution in [1.29, 1.82) is 0 Å². The SMILES string of the molecule is C[C@H](CNC(=O)c1nonc1N)Nc1ccc([N+](=O)[O-])cc1Cl. The fourth-order valence-corrected chi connectivity index (χ4v) is 1.96. The van der Waals surface area contributed by atoms with Gasteiger partial charge in [0.25, 0.3) is 11.6 Å². The van der Waals surface area contributed by atoms with Crippen LogP contribution < -0.4 is 16.4 Å². The number of halogens is 1. The minimum absolute atomic E-state index is 0.0921. The lowest BCUT2D eigenvalue weighted by molar-refractivity contribution is -0.384. The molecule has 0 radical (unpaired) electrons. The first-order valence-electron chi connectivity index (χ1n) is 6.45. The number of nitrogen functional groups attached to an aromatic ring is 1. The van der Waals surface area contributed by atoms with Crippen LogP contribution >= 0.6 is 11.6 Å². The molecule has 0 spiro atoms. The van der Waals surface area contributed by atoms with E-state index in [4.69, 9.17) is 17.3 Å². The molecule has 1 aromatic heterocycles. The van der Waals surface area contributed by atoms with Crippen molar-refractivity contribution in [3.8, 4) is 0 Å². The van der Waals surface area contributed by atoms with Gasteiger partial charge in [-0.2, -0.15) is 0 Å². The zero-order valence-electron chi connectivity index (χ0n) is 11.9. The van der Waals surface area contributed by atoms with Crippen molar-refractivity contribution in [3.63, 3.8) is 0 Å². The molecule has 1 heterocycles. The average molecular weight is 341 g/mol. The quantitative estimate of drug-likeness (QED) is 0.528. The highest BCUT2D eigenvalue weighted by Crippen LogP contribution is 2.27. The van der Waals surface area contributed by atoms with Gasteiger partial charge in [-0.1, -0.05) is 11.6 Å². The number of carbonyl (C=O) groups excluding carboxylic acids is 1. The minimum Gasteiger partial charge on any atom is -0.380 e. The predicted molar refractivity (Wildman–Crippen MR) is 82.2 cm³/mol. The Bertz CT molecular complexity index is 734. The molecule has 4 N–H and O–H groups in total. The van der Waals surface area contributed by atoms with E-state index in [1.165, 1.54) is 18.2 Å². The van der Waals surface area contributed by atoms with Crippen molar-refractivity contribution in [2.75, 3.05) is 17.6 Å². The largest absolute Gasteiger partial charge is 0.380 e. The number of non-ortho nitro benzene ring substituents is 1. The number of nitrogens with two attached hydrogens (primary N) is 1. The lowest BCUT2D eigenvalue weighted by Crippen LogP contribution is -2.35. The Hall–Kier alpha value is -2.88. The Morgan fingerprint density at radius 1 is 1.52 bits per heavy atom. The van der Waals surface area contributed by atoms with Gasteiger partial charge in [-0.05, 0) is 23.3 Å². The number of nitro benzene ring substituents is 1. The lowest BCUT2D eigenvalue weighted by atomic mass is 10.2. The van der Waals surface area contributed by atoms with Crippen molar-refractivity contribution in [2.24, 2.45) is 0 Å². The van der Waals surface area contributed by atoms with Gasteiger partial charge in [0.2, 0.25) is 11.5 Å². The van der Waals surface area contributed by atoms with E-state index in [0.29, 0.717) is 5.69 Å². The van der Waals surface area contributed by atoms with Gasteiger partial charge in [-0.3, -0.25) is 14.9 Å². The molecule has 0 fully saturated rings. The fraction of sp³-hybridized carbons (Fsp3) is 0.250. The van der Waals surface area contributed by atoms with Crippen LogP contribution in [0.4, 0.5) is 17.2 Å². The Morgan fingerprint density at radius 2 is 2.26 bits per heavy atom. The molecule has 0 saturated heterocycles. The van der Waals surface area contributed by atoms with E-state index < -0.39 is 10.8 Å². The van der Waals surface area contributed by atoms with Crippen LogP contribution in [0.5, 0.6) is 0 Å². The zero-order chi connectivity index (χ0) is 17.0. The number of amides is 1. The summed E-state index contributed by atoms with van der Waals surface area (Å²) in [6.07, 6.45) is 0. The Labute approximate surface area is 135 Å². The molecule has 10 nitrogen and oxygen atoms in total. The Morgan fingerprint density at radius 3 is 2.83 bits per heavy atom. The van der Waals surface area contributed by atoms with Crippen molar-refractivity contribution < 1.29 is 14.3 Å². The summed E-state index contributed by atoms with van der Waals surface area (Å²) in [6.45, 7) is 2.03. The van der Waals surface area contributed by atoms with Gasteiger partial charge in [0.05, 0.1) is 15.6 Å². The molecule has 122 valence electrons. The molecular formula is C12H13ClN6O4. The number of nitro groups is 1. The van der Waals surface area contributed by atoms with E-state index in [0.717, 1.165) is 0 Å². The number of hydrogen-bond acceptors (Lipinski definition) is 8. The molecule has 1 aromatic carbocycles. The molecule has 1 amide bonds. The number of nitrogens with one attached hydrogen (secondary N) is 2. The summed E-state index contributed by atoms with van der Waals surface area (Å²) in [5.74, 6) is -0.617. The Balaban J connectivity index is 1.92. The van der Waals surface area contributed by atoms with Gasteiger partial charge < -0.3 is 16.4 Å². The van der Waals surface area contributed by atoms with Gasteiger partial charge in [0.1, 0.15) is 0 Å². The van der Waals surface area contributed by atoms with Crippen LogP contribution in [0.1, 0.15) is 17.4 Å². The number of hydrogen-bond donors (Lipinski definition) is 3. The molecule has 11 heteroatoms. The van der Waals surface area contributed by atoms with E-state index in [2.05, 4.69) is 25.6 Å². The highest BCUT2D eigenvalue weighted by Gasteiger charge is 2.17. The number of nitrogens with zero attached hydrogens (tertiary/aromatic N) is 3. The normalized spacial score (nSPS) is 11.7. The van der Waals surface area contributed by atoms with Crippen molar-refractivity contribution >= 4 is 34.7 Å². The van der Waals surface area contributed by atoms with Gasteiger partial charge in [-0.25, -0.2) is 4.63 Å². The highest BCUT2D eigenvalue weighted by molar-refractivity contribution is 6.33. The molecule has 0 aliphatic rings. The van der Waals surface area contributed by atoms with Crippen LogP contribution in [0, 0.1) is 10.1 Å². The maximum absolute atomic E-state index is 11.8. The van der Waals surface area contributed by atoms with Crippen LogP contribution in [0.25, 0.3) is 0 Å². The summed E-state index contributed by atoms with van der Waals surface area (Å²) in [5, 5.41) is 23.2. The third-order valence-corrected chi connectivity index (χ3v) is 3.18. The minimum atomic E-state index is -0.532. The maximum atomic E-state index is 11.8. The summed E-state index contributed by atoms with van der Waals surface area (Å²) in [6, 6.07) is 3.87. The molecule has 23 heavy (non-hydrogen) atoms. The number of rotatable bonds is 6. The first-order valence-corrected chi connectivity index (χ1v) is 6.83. The number of benzene rings is 1. The molecule has 2 aromatic rings. The highest BCUT2D eigenvalue weighted by atomic mass is 35.5. The summed E-state index contributed by atoms with van der Waals surface area (Å²) in [5.41, 5.74) is 5.74. The summed E-state index contributed by atoms with van der Waals surface area (Å²) < 4.78 is 4.34. The van der Waals surface area contributed by atoms with Crippen LogP contribution in [0.2, 0.25) is 5.02 Å². The predicted octanol–water partition coefficient (Wildman–Crippen LogP) is 1.44. The number of aromatic nitrogens is 2. The number of carbonyl (C=O) groups is 1. The third-order valence-electron chi connectivity index (χ3n) is 2.86. The smallest absolute Gasteiger partial charge is 0.277 e. The standard InChI is InChI=1S/C12H13ClN6O4/c1-6(5-15-12(20)10-11(14)18-23-17-10)16-9-3-2-7(19(21)22)4-8(9)13/h2-4,6,16H,5H2,1H3,(H2,14,18)(H,15,20)/t6-/m1/s1. The third kappa shape index (κ3) is 4.07. The molecule has 0 bridgehead atoms. The van der Waals surface area contributed by atoms with Crippen LogP contribution in [-0.4, -0.2) is 33.7 Å². The van der Waals surface area contributed by atoms with Crippen molar-refractivity contribution in [3.05, 3.63) is 39.0 Å². The lowest BCUT2D eigenvalue weighted by Gasteiger charge is -2.16. The molecule has 0 aliphatic heterocycles. The second kappa shape index (κ2) is 6.92. The summed E-state index contributed by atoms with van der Waals surface area (Å²) in [7, 11) is 0. The fourth-order valence-electron chi connectivity index (χ4n) is 1.73. The molecule has 0 saturated carbocycles. The Kier molecular flexibility index (Phi) is 4.96. The molecule has 2 rings (SSSR count). The second-order valence-electron chi connectivity index (χ2n) is 4.67. The molecular weight excluding hydrogens is 328 g/mol. The number of anilines is 2. The summed E-state index contributed by atoms with van der Waals surface area (Å²) in [4.78, 5) is 21.9. The van der Waals surface area contributed by atoms with Gasteiger partial charge in [0, 0.05) is 24.7 Å². The van der Waals surface area contributed by atoms with E-state index >= 15 is 0 Å². The van der Waals surface area contributed by atoms with Crippen LogP contribution in [0.15, 0.2) is 22.8 Å². The zero-order valence-corrected chi connectivity index (χ0v) is 12.7. The van der Waals surface area contributed by atoms with Gasteiger partial charge in [-0.15, -0.1) is 0 Å². The van der Waals surface area contributed by atoms with Gasteiger partial charge >= 0.3 is 0 Å². The second-order valence-corrected chi connectivity index (χ2v) is 5.08. The summed E-state index contributed by atoms with van der Waals surface area (Å²) >= 11 is 5.98.